The SMILES string of the molecule is O=C(O)COC(=O)N(C1CC1)[C@H]1c2cc(F)ccc2N(C(=O)O)[C@@H]2CCC[C@@H]21. The van der Waals surface area contributed by atoms with Gasteiger partial charge in [-0.15, -0.1) is 0 Å². The van der Waals surface area contributed by atoms with Gasteiger partial charge in [-0.3, -0.25) is 9.80 Å². The van der Waals surface area contributed by atoms with Gasteiger partial charge in [0.1, 0.15) is 5.82 Å². The topological polar surface area (TPSA) is 107 Å². The highest BCUT2D eigenvalue weighted by Gasteiger charge is 2.52. The summed E-state index contributed by atoms with van der Waals surface area (Å²) in [5, 5.41) is 18.6. The van der Waals surface area contributed by atoms with Crippen LogP contribution in [0, 0.1) is 11.7 Å². The van der Waals surface area contributed by atoms with Crippen molar-refractivity contribution in [1.82, 2.24) is 4.90 Å². The van der Waals surface area contributed by atoms with Crippen LogP contribution < -0.4 is 4.90 Å². The van der Waals surface area contributed by atoms with E-state index in [-0.39, 0.29) is 18.0 Å². The van der Waals surface area contributed by atoms with Gasteiger partial charge < -0.3 is 14.9 Å². The van der Waals surface area contributed by atoms with Gasteiger partial charge in [-0.05, 0) is 43.9 Å². The quantitative estimate of drug-likeness (QED) is 0.815. The molecule has 0 unspecified atom stereocenters. The van der Waals surface area contributed by atoms with Gasteiger partial charge in [-0.1, -0.05) is 6.42 Å². The third-order valence-corrected chi connectivity index (χ3v) is 5.81. The molecular weight excluding hydrogens is 371 g/mol. The molecule has 1 aromatic rings. The average molecular weight is 392 g/mol. The van der Waals surface area contributed by atoms with Gasteiger partial charge in [0.05, 0.1) is 11.7 Å². The molecule has 2 amide bonds. The molecule has 3 atom stereocenters. The molecule has 0 spiro atoms. The Bertz CT molecular complexity index is 827. The standard InChI is InChI=1S/C19H21FN2O6/c20-10-4-7-15-13(8-10)17(12-2-1-3-14(12)22(15)18(25)26)21(11-5-6-11)19(27)28-9-16(23)24/h4,7-8,11-12,14,17H,1-3,5-6,9H2,(H,23,24)(H,25,26)/t12-,14+,17+/m0/s1. The first-order valence-electron chi connectivity index (χ1n) is 9.37. The molecule has 28 heavy (non-hydrogen) atoms. The van der Waals surface area contributed by atoms with Crippen molar-refractivity contribution in [3.63, 3.8) is 0 Å². The molecule has 0 aromatic heterocycles. The molecule has 0 bridgehead atoms. The van der Waals surface area contributed by atoms with E-state index in [2.05, 4.69) is 0 Å². The number of carboxylic acid groups (broad SMARTS) is 2. The minimum Gasteiger partial charge on any atom is -0.479 e. The van der Waals surface area contributed by atoms with E-state index in [9.17, 15) is 23.9 Å². The van der Waals surface area contributed by atoms with Crippen molar-refractivity contribution in [2.75, 3.05) is 11.5 Å². The van der Waals surface area contributed by atoms with Crippen LogP contribution in [0.5, 0.6) is 0 Å². The molecule has 3 aliphatic rings. The highest BCUT2D eigenvalue weighted by molar-refractivity contribution is 5.89. The van der Waals surface area contributed by atoms with Crippen molar-refractivity contribution in [2.24, 2.45) is 5.92 Å². The molecule has 0 radical (unpaired) electrons. The van der Waals surface area contributed by atoms with Gasteiger partial charge in [0.2, 0.25) is 0 Å². The van der Waals surface area contributed by atoms with Crippen LogP contribution in [0.3, 0.4) is 0 Å². The van der Waals surface area contributed by atoms with Gasteiger partial charge in [-0.25, -0.2) is 18.8 Å². The van der Waals surface area contributed by atoms with E-state index in [1.54, 1.807) is 0 Å². The van der Waals surface area contributed by atoms with Crippen molar-refractivity contribution in [2.45, 2.75) is 50.2 Å². The molecule has 1 aliphatic heterocycles. The zero-order valence-electron chi connectivity index (χ0n) is 15.1. The molecule has 8 nitrogen and oxygen atoms in total. The van der Waals surface area contributed by atoms with E-state index < -0.39 is 36.6 Å². The predicted molar refractivity (Wildman–Crippen MR) is 94.6 cm³/mol. The lowest BCUT2D eigenvalue weighted by Gasteiger charge is -2.46. The van der Waals surface area contributed by atoms with Crippen molar-refractivity contribution in [3.8, 4) is 0 Å². The van der Waals surface area contributed by atoms with Gasteiger partial charge in [0.25, 0.3) is 0 Å². The predicted octanol–water partition coefficient (Wildman–Crippen LogP) is 3.22. The first-order chi connectivity index (χ1) is 13.4. The largest absolute Gasteiger partial charge is 0.479 e. The third kappa shape index (κ3) is 3.14. The number of anilines is 1. The van der Waals surface area contributed by atoms with Crippen LogP contribution in [-0.4, -0.2) is 52.0 Å². The number of aliphatic carboxylic acids is 1. The summed E-state index contributed by atoms with van der Waals surface area (Å²) in [6.07, 6.45) is 1.81. The fourth-order valence-electron chi connectivity index (χ4n) is 4.69. The maximum atomic E-state index is 14.1. The number of carboxylic acids is 1. The van der Waals surface area contributed by atoms with E-state index in [0.717, 1.165) is 19.3 Å². The number of hydrogen-bond acceptors (Lipinski definition) is 4. The lowest BCUT2D eigenvalue weighted by Crippen LogP contribution is -2.52. The smallest absolute Gasteiger partial charge is 0.412 e. The Balaban J connectivity index is 1.78. The number of benzene rings is 1. The number of carbonyl (C=O) groups is 3. The minimum atomic E-state index is -1.25. The molecular formula is C19H21FN2O6. The summed E-state index contributed by atoms with van der Waals surface area (Å²) in [5.41, 5.74) is 0.809. The fraction of sp³-hybridized carbons (Fsp3) is 0.526. The van der Waals surface area contributed by atoms with Crippen LogP contribution in [0.25, 0.3) is 0 Å². The second kappa shape index (κ2) is 6.96. The Hall–Kier alpha value is -2.84. The maximum Gasteiger partial charge on any atom is 0.412 e. The Kier molecular flexibility index (Phi) is 4.60. The van der Waals surface area contributed by atoms with Crippen LogP contribution in [0.1, 0.15) is 43.7 Å². The lowest BCUT2D eigenvalue weighted by molar-refractivity contribution is -0.140. The second-order valence-corrected chi connectivity index (χ2v) is 7.55. The van der Waals surface area contributed by atoms with Crippen molar-refractivity contribution in [1.29, 1.82) is 0 Å². The molecule has 2 aliphatic carbocycles. The summed E-state index contributed by atoms with van der Waals surface area (Å²) in [6.45, 7) is -0.750. The van der Waals surface area contributed by atoms with Gasteiger partial charge in [0.15, 0.2) is 6.61 Å². The van der Waals surface area contributed by atoms with Crippen molar-refractivity contribution in [3.05, 3.63) is 29.6 Å². The van der Waals surface area contributed by atoms with E-state index in [0.29, 0.717) is 24.1 Å². The summed E-state index contributed by atoms with van der Waals surface area (Å²) < 4.78 is 19.0. The van der Waals surface area contributed by atoms with E-state index in [1.165, 1.54) is 28.0 Å². The highest BCUT2D eigenvalue weighted by Crippen LogP contribution is 2.52. The summed E-state index contributed by atoms with van der Waals surface area (Å²) in [7, 11) is 0. The number of hydrogen-bond donors (Lipinski definition) is 2. The number of ether oxygens (including phenoxy) is 1. The minimum absolute atomic E-state index is 0.111. The summed E-state index contributed by atoms with van der Waals surface area (Å²) >= 11 is 0. The number of fused-ring (bicyclic) bond motifs is 2. The van der Waals surface area contributed by atoms with Crippen LogP contribution in [0.15, 0.2) is 18.2 Å². The van der Waals surface area contributed by atoms with Crippen molar-refractivity contribution < 1.29 is 33.7 Å². The number of amides is 2. The molecule has 2 fully saturated rings. The Morgan fingerprint density at radius 3 is 2.57 bits per heavy atom. The fourth-order valence-corrected chi connectivity index (χ4v) is 4.69. The van der Waals surface area contributed by atoms with Crippen LogP contribution in [0.2, 0.25) is 0 Å². The number of halogens is 1. The summed E-state index contributed by atoms with van der Waals surface area (Å²) in [6, 6.07) is 2.97. The van der Waals surface area contributed by atoms with Crippen LogP contribution >= 0.6 is 0 Å². The molecule has 1 aromatic carbocycles. The lowest BCUT2D eigenvalue weighted by atomic mass is 9.82. The monoisotopic (exact) mass is 392 g/mol. The summed E-state index contributed by atoms with van der Waals surface area (Å²) in [4.78, 5) is 38.3. The number of rotatable bonds is 4. The Labute approximate surface area is 160 Å². The normalized spacial score (nSPS) is 25.6. The first-order valence-corrected chi connectivity index (χ1v) is 9.37. The molecule has 2 saturated carbocycles. The second-order valence-electron chi connectivity index (χ2n) is 7.55. The average Bonchev–Trinajstić information content (AvgIpc) is 3.35. The van der Waals surface area contributed by atoms with Crippen molar-refractivity contribution >= 4 is 23.8 Å². The van der Waals surface area contributed by atoms with Crippen LogP contribution in [-0.2, 0) is 9.53 Å². The molecule has 1 heterocycles. The maximum absolute atomic E-state index is 14.1. The van der Waals surface area contributed by atoms with E-state index >= 15 is 0 Å². The van der Waals surface area contributed by atoms with E-state index in [4.69, 9.17) is 9.84 Å². The van der Waals surface area contributed by atoms with E-state index in [1.807, 2.05) is 0 Å². The third-order valence-electron chi connectivity index (χ3n) is 5.81. The molecule has 150 valence electrons. The Morgan fingerprint density at radius 1 is 1.18 bits per heavy atom. The molecule has 0 saturated heterocycles. The zero-order chi connectivity index (χ0) is 20.0. The number of carbonyl (C=O) groups excluding carboxylic acids is 1. The molecule has 9 heteroatoms. The Morgan fingerprint density at radius 2 is 1.93 bits per heavy atom. The van der Waals surface area contributed by atoms with Crippen LogP contribution in [0.4, 0.5) is 19.7 Å². The number of nitrogens with zero attached hydrogens (tertiary/aromatic N) is 2. The highest BCUT2D eigenvalue weighted by atomic mass is 19.1. The summed E-state index contributed by atoms with van der Waals surface area (Å²) in [5.74, 6) is -1.96. The van der Waals surface area contributed by atoms with Gasteiger partial charge >= 0.3 is 18.2 Å². The van der Waals surface area contributed by atoms with Gasteiger partial charge in [-0.2, -0.15) is 0 Å². The van der Waals surface area contributed by atoms with Gasteiger partial charge in [0, 0.05) is 23.6 Å². The molecule has 4 rings (SSSR count). The first kappa shape index (κ1) is 18.5. The zero-order valence-corrected chi connectivity index (χ0v) is 15.1. The molecule has 2 N–H and O–H groups in total.